The van der Waals surface area contributed by atoms with Crippen LogP contribution in [0.3, 0.4) is 0 Å². The Morgan fingerprint density at radius 3 is 2.31 bits per heavy atom. The van der Waals surface area contributed by atoms with Crippen LogP contribution in [0.25, 0.3) is 10.1 Å². The zero-order valence-corrected chi connectivity index (χ0v) is 15.6. The molecule has 0 aliphatic heterocycles. The molecule has 1 amide bonds. The number of amides is 1. The van der Waals surface area contributed by atoms with Gasteiger partial charge in [-0.05, 0) is 30.3 Å². The number of methoxy groups -OCH3 is 1. The molecular weight excluding hydrogens is 374 g/mol. The summed E-state index contributed by atoms with van der Waals surface area (Å²) in [4.78, 5) is 24.8. The van der Waals surface area contributed by atoms with Gasteiger partial charge in [-0.1, -0.05) is 18.2 Å². The minimum atomic E-state index is -3.33. The maximum absolute atomic E-state index is 12.5. The van der Waals surface area contributed by atoms with Crippen LogP contribution in [-0.2, 0) is 14.6 Å². The first-order valence-electron chi connectivity index (χ1n) is 7.52. The van der Waals surface area contributed by atoms with Crippen molar-refractivity contribution in [2.75, 3.05) is 18.7 Å². The molecule has 1 aromatic heterocycles. The molecule has 2 aromatic carbocycles. The third kappa shape index (κ3) is 3.47. The van der Waals surface area contributed by atoms with Gasteiger partial charge in [0.15, 0.2) is 9.84 Å². The first-order chi connectivity index (χ1) is 12.3. The Hall–Kier alpha value is -2.71. The lowest BCUT2D eigenvalue weighted by Crippen LogP contribution is -2.14. The van der Waals surface area contributed by atoms with Crippen molar-refractivity contribution >= 4 is 48.1 Å². The standard InChI is InChI=1S/C18H15NO5S2/c1-24-18(21)15-13-5-3-4-6-14(13)25-17(15)19-16(20)11-7-9-12(10-8-11)26(2,22)23/h3-10H,1-2H3,(H,19,20). The zero-order chi connectivity index (χ0) is 18.9. The SMILES string of the molecule is COC(=O)c1c(NC(=O)c2ccc(S(C)(=O)=O)cc2)sc2ccccc12. The van der Waals surface area contributed by atoms with Gasteiger partial charge in [-0.25, -0.2) is 13.2 Å². The minimum Gasteiger partial charge on any atom is -0.465 e. The van der Waals surface area contributed by atoms with E-state index in [1.165, 1.54) is 42.7 Å². The molecule has 0 spiro atoms. The van der Waals surface area contributed by atoms with Crippen molar-refractivity contribution in [2.45, 2.75) is 4.90 Å². The third-order valence-corrected chi connectivity index (χ3v) is 5.97. The molecule has 26 heavy (non-hydrogen) atoms. The number of thiophene rings is 1. The summed E-state index contributed by atoms with van der Waals surface area (Å²) < 4.78 is 28.7. The second-order valence-electron chi connectivity index (χ2n) is 5.54. The number of hydrogen-bond acceptors (Lipinski definition) is 6. The summed E-state index contributed by atoms with van der Waals surface area (Å²) in [6, 6.07) is 12.9. The number of carbonyl (C=O) groups excluding carboxylic acids is 2. The van der Waals surface area contributed by atoms with E-state index in [4.69, 9.17) is 4.74 Å². The van der Waals surface area contributed by atoms with Crippen LogP contribution in [0.15, 0.2) is 53.4 Å². The van der Waals surface area contributed by atoms with E-state index >= 15 is 0 Å². The summed E-state index contributed by atoms with van der Waals surface area (Å²) in [6.45, 7) is 0. The van der Waals surface area contributed by atoms with E-state index in [0.29, 0.717) is 16.0 Å². The van der Waals surface area contributed by atoms with Crippen molar-refractivity contribution in [2.24, 2.45) is 0 Å². The maximum Gasteiger partial charge on any atom is 0.341 e. The molecule has 0 saturated carbocycles. The second kappa shape index (κ2) is 6.89. The van der Waals surface area contributed by atoms with E-state index < -0.39 is 21.7 Å². The number of nitrogens with one attached hydrogen (secondary N) is 1. The Bertz CT molecular complexity index is 1100. The van der Waals surface area contributed by atoms with Crippen molar-refractivity contribution in [1.29, 1.82) is 0 Å². The normalized spacial score (nSPS) is 11.3. The molecule has 0 bridgehead atoms. The number of hydrogen-bond donors (Lipinski definition) is 1. The molecule has 0 aliphatic rings. The zero-order valence-electron chi connectivity index (χ0n) is 14.0. The van der Waals surface area contributed by atoms with Crippen molar-refractivity contribution in [3.63, 3.8) is 0 Å². The summed E-state index contributed by atoms with van der Waals surface area (Å²) in [5, 5.41) is 3.80. The van der Waals surface area contributed by atoms with Crippen LogP contribution >= 0.6 is 11.3 Å². The quantitative estimate of drug-likeness (QED) is 0.691. The van der Waals surface area contributed by atoms with Crippen LogP contribution in [0, 0.1) is 0 Å². The van der Waals surface area contributed by atoms with Gasteiger partial charge in [0.1, 0.15) is 10.6 Å². The predicted octanol–water partition coefficient (Wildman–Crippen LogP) is 3.34. The molecule has 0 aliphatic carbocycles. The molecule has 134 valence electrons. The van der Waals surface area contributed by atoms with Gasteiger partial charge in [-0.3, -0.25) is 4.79 Å². The lowest BCUT2D eigenvalue weighted by molar-refractivity contribution is 0.0604. The van der Waals surface area contributed by atoms with Crippen LogP contribution in [0.4, 0.5) is 5.00 Å². The fourth-order valence-electron chi connectivity index (χ4n) is 2.47. The molecule has 0 radical (unpaired) electrons. The molecule has 3 rings (SSSR count). The summed E-state index contributed by atoms with van der Waals surface area (Å²) >= 11 is 1.27. The number of esters is 1. The Kier molecular flexibility index (Phi) is 4.80. The highest BCUT2D eigenvalue weighted by Crippen LogP contribution is 2.36. The van der Waals surface area contributed by atoms with Gasteiger partial charge in [-0.15, -0.1) is 11.3 Å². The molecule has 0 atom stereocenters. The Morgan fingerprint density at radius 2 is 1.69 bits per heavy atom. The fourth-order valence-corrected chi connectivity index (χ4v) is 4.18. The van der Waals surface area contributed by atoms with E-state index in [-0.39, 0.29) is 10.5 Å². The third-order valence-electron chi connectivity index (χ3n) is 3.76. The predicted molar refractivity (Wildman–Crippen MR) is 101 cm³/mol. The average molecular weight is 389 g/mol. The van der Waals surface area contributed by atoms with Gasteiger partial charge >= 0.3 is 5.97 Å². The van der Waals surface area contributed by atoms with Gasteiger partial charge in [0.05, 0.1) is 12.0 Å². The minimum absolute atomic E-state index is 0.131. The first-order valence-corrected chi connectivity index (χ1v) is 10.2. The summed E-state index contributed by atoms with van der Waals surface area (Å²) in [6.07, 6.45) is 1.10. The van der Waals surface area contributed by atoms with Gasteiger partial charge < -0.3 is 10.1 Å². The molecule has 6 nitrogen and oxygen atoms in total. The van der Waals surface area contributed by atoms with Crippen molar-refractivity contribution in [3.05, 3.63) is 59.7 Å². The topological polar surface area (TPSA) is 89.5 Å². The monoisotopic (exact) mass is 389 g/mol. The average Bonchev–Trinajstić information content (AvgIpc) is 2.98. The van der Waals surface area contributed by atoms with Crippen LogP contribution in [0.2, 0.25) is 0 Å². The van der Waals surface area contributed by atoms with Crippen LogP contribution < -0.4 is 5.32 Å². The molecule has 8 heteroatoms. The number of fused-ring (bicyclic) bond motifs is 1. The first kappa shape index (κ1) is 18.1. The molecule has 0 unspecified atom stereocenters. The van der Waals surface area contributed by atoms with Gasteiger partial charge in [0.25, 0.3) is 5.91 Å². The summed E-state index contributed by atoms with van der Waals surface area (Å²) in [5.41, 5.74) is 0.583. The van der Waals surface area contributed by atoms with Crippen molar-refractivity contribution in [3.8, 4) is 0 Å². The molecule has 0 fully saturated rings. The van der Waals surface area contributed by atoms with E-state index in [1.807, 2.05) is 12.1 Å². The van der Waals surface area contributed by atoms with Gasteiger partial charge in [0, 0.05) is 21.9 Å². The highest BCUT2D eigenvalue weighted by Gasteiger charge is 2.21. The highest BCUT2D eigenvalue weighted by atomic mass is 32.2. The van der Waals surface area contributed by atoms with Crippen molar-refractivity contribution in [1.82, 2.24) is 0 Å². The summed E-state index contributed by atoms with van der Waals surface area (Å²) in [5.74, 6) is -0.980. The number of rotatable bonds is 4. The molecular formula is C18H15NO5S2. The highest BCUT2D eigenvalue weighted by molar-refractivity contribution is 7.90. The number of anilines is 1. The summed E-state index contributed by atoms with van der Waals surface area (Å²) in [7, 11) is -2.05. The lowest BCUT2D eigenvalue weighted by Gasteiger charge is -2.06. The van der Waals surface area contributed by atoms with E-state index in [9.17, 15) is 18.0 Å². The van der Waals surface area contributed by atoms with Crippen LogP contribution in [0.5, 0.6) is 0 Å². The fraction of sp³-hybridized carbons (Fsp3) is 0.111. The second-order valence-corrected chi connectivity index (χ2v) is 8.61. The van der Waals surface area contributed by atoms with Crippen molar-refractivity contribution < 1.29 is 22.7 Å². The lowest BCUT2D eigenvalue weighted by atomic mass is 10.1. The van der Waals surface area contributed by atoms with Gasteiger partial charge in [-0.2, -0.15) is 0 Å². The van der Waals surface area contributed by atoms with Crippen LogP contribution in [0.1, 0.15) is 20.7 Å². The number of benzene rings is 2. The van der Waals surface area contributed by atoms with Gasteiger partial charge in [0.2, 0.25) is 0 Å². The van der Waals surface area contributed by atoms with E-state index in [1.54, 1.807) is 12.1 Å². The molecule has 1 N–H and O–H groups in total. The Morgan fingerprint density at radius 1 is 1.04 bits per heavy atom. The van der Waals surface area contributed by atoms with E-state index in [2.05, 4.69) is 5.32 Å². The van der Waals surface area contributed by atoms with E-state index in [0.717, 1.165) is 11.0 Å². The van der Waals surface area contributed by atoms with Crippen LogP contribution in [-0.4, -0.2) is 33.7 Å². The Balaban J connectivity index is 1.96. The maximum atomic E-state index is 12.5. The number of sulfone groups is 1. The largest absolute Gasteiger partial charge is 0.465 e. The number of ether oxygens (including phenoxy) is 1. The smallest absolute Gasteiger partial charge is 0.341 e. The Labute approximate surface area is 154 Å². The molecule has 3 aromatic rings. The molecule has 0 saturated heterocycles. The number of carbonyl (C=O) groups is 2. The molecule has 1 heterocycles.